The summed E-state index contributed by atoms with van der Waals surface area (Å²) in [5, 5.41) is 3.51. The molecule has 0 saturated carbocycles. The second-order valence-electron chi connectivity index (χ2n) is 4.10. The van der Waals surface area contributed by atoms with Gasteiger partial charge in [-0.3, -0.25) is 0 Å². The molecular formula is C14H23NS. The average molecular weight is 237 g/mol. The van der Waals surface area contributed by atoms with E-state index in [0.717, 1.165) is 12.3 Å². The molecule has 0 bridgehead atoms. The molecular weight excluding hydrogens is 214 g/mol. The van der Waals surface area contributed by atoms with Gasteiger partial charge in [0.2, 0.25) is 0 Å². The van der Waals surface area contributed by atoms with E-state index in [-0.39, 0.29) is 0 Å². The molecule has 1 atom stereocenters. The molecule has 0 spiro atoms. The van der Waals surface area contributed by atoms with Crippen molar-refractivity contribution in [1.82, 2.24) is 5.32 Å². The molecule has 0 radical (unpaired) electrons. The average Bonchev–Trinajstić information content (AvgIpc) is 2.30. The largest absolute Gasteiger partial charge is 0.313 e. The molecule has 0 amide bonds. The van der Waals surface area contributed by atoms with Gasteiger partial charge in [-0.15, -0.1) is 0 Å². The zero-order valence-corrected chi connectivity index (χ0v) is 11.4. The molecule has 1 N–H and O–H groups in total. The fraction of sp³-hybridized carbons (Fsp3) is 0.571. The molecule has 90 valence electrons. The second kappa shape index (κ2) is 7.75. The van der Waals surface area contributed by atoms with Crippen LogP contribution in [-0.2, 0) is 5.75 Å². The Morgan fingerprint density at radius 2 is 2.00 bits per heavy atom. The summed E-state index contributed by atoms with van der Waals surface area (Å²) in [5.41, 5.74) is 2.88. The van der Waals surface area contributed by atoms with Crippen LogP contribution in [0.2, 0.25) is 0 Å². The van der Waals surface area contributed by atoms with Crippen molar-refractivity contribution in [3.05, 3.63) is 35.4 Å². The number of thioether (sulfide) groups is 1. The van der Waals surface area contributed by atoms with Crippen LogP contribution in [0.15, 0.2) is 24.3 Å². The summed E-state index contributed by atoms with van der Waals surface area (Å²) in [4.78, 5) is 0. The molecule has 1 nitrogen and oxygen atoms in total. The van der Waals surface area contributed by atoms with E-state index in [1.54, 1.807) is 0 Å². The molecule has 2 heteroatoms. The summed E-state index contributed by atoms with van der Waals surface area (Å²) in [6.07, 6.45) is 1.22. The van der Waals surface area contributed by atoms with Crippen LogP contribution in [0.3, 0.4) is 0 Å². The first kappa shape index (κ1) is 13.6. The van der Waals surface area contributed by atoms with Gasteiger partial charge in [0.1, 0.15) is 0 Å². The van der Waals surface area contributed by atoms with E-state index in [1.807, 2.05) is 11.8 Å². The maximum atomic E-state index is 3.51. The van der Waals surface area contributed by atoms with Crippen LogP contribution in [0, 0.1) is 6.92 Å². The number of hydrogen-bond donors (Lipinski definition) is 1. The van der Waals surface area contributed by atoms with Crippen LogP contribution in [0.1, 0.15) is 31.4 Å². The van der Waals surface area contributed by atoms with Crippen molar-refractivity contribution in [2.75, 3.05) is 12.3 Å². The molecule has 1 aromatic carbocycles. The van der Waals surface area contributed by atoms with Gasteiger partial charge in [0.25, 0.3) is 0 Å². The summed E-state index contributed by atoms with van der Waals surface area (Å²) in [5.74, 6) is 2.34. The van der Waals surface area contributed by atoms with Crippen molar-refractivity contribution in [2.45, 2.75) is 39.0 Å². The van der Waals surface area contributed by atoms with E-state index in [2.05, 4.69) is 50.4 Å². The highest BCUT2D eigenvalue weighted by atomic mass is 32.2. The van der Waals surface area contributed by atoms with Crippen molar-refractivity contribution in [3.63, 3.8) is 0 Å². The fourth-order valence-electron chi connectivity index (χ4n) is 1.69. The molecule has 1 rings (SSSR count). The zero-order valence-electron chi connectivity index (χ0n) is 10.6. The van der Waals surface area contributed by atoms with Gasteiger partial charge >= 0.3 is 0 Å². The molecule has 1 unspecified atom stereocenters. The predicted octanol–water partition coefficient (Wildman–Crippen LogP) is 3.62. The van der Waals surface area contributed by atoms with E-state index in [9.17, 15) is 0 Å². The standard InChI is InChI=1S/C14H23NS/c1-4-14(15-5-2)11-16-10-13-9-7-6-8-12(13)3/h6-9,14-15H,4-5,10-11H2,1-3H3. The molecule has 0 fully saturated rings. The Kier molecular flexibility index (Phi) is 6.58. The van der Waals surface area contributed by atoms with E-state index in [1.165, 1.54) is 23.3 Å². The SMILES string of the molecule is CCNC(CC)CSCc1ccccc1C. The maximum absolute atomic E-state index is 3.51. The normalized spacial score (nSPS) is 12.7. The summed E-state index contributed by atoms with van der Waals surface area (Å²) >= 11 is 2.03. The predicted molar refractivity (Wildman–Crippen MR) is 75.1 cm³/mol. The number of aryl methyl sites for hydroxylation is 1. The maximum Gasteiger partial charge on any atom is 0.0187 e. The Hall–Kier alpha value is -0.470. The van der Waals surface area contributed by atoms with Crippen molar-refractivity contribution >= 4 is 11.8 Å². The smallest absolute Gasteiger partial charge is 0.0187 e. The molecule has 16 heavy (non-hydrogen) atoms. The minimum atomic E-state index is 0.666. The van der Waals surface area contributed by atoms with Gasteiger partial charge in [-0.1, -0.05) is 38.1 Å². The van der Waals surface area contributed by atoms with Crippen molar-refractivity contribution in [3.8, 4) is 0 Å². The first-order chi connectivity index (χ1) is 7.77. The van der Waals surface area contributed by atoms with Crippen LogP contribution in [0.4, 0.5) is 0 Å². The number of hydrogen-bond acceptors (Lipinski definition) is 2. The lowest BCUT2D eigenvalue weighted by molar-refractivity contribution is 0.560. The summed E-state index contributed by atoms with van der Waals surface area (Å²) < 4.78 is 0. The van der Waals surface area contributed by atoms with Crippen LogP contribution in [0.25, 0.3) is 0 Å². The van der Waals surface area contributed by atoms with Crippen LogP contribution in [-0.4, -0.2) is 18.3 Å². The molecule has 0 aliphatic heterocycles. The second-order valence-corrected chi connectivity index (χ2v) is 5.13. The summed E-state index contributed by atoms with van der Waals surface area (Å²) in [6, 6.07) is 9.33. The Morgan fingerprint density at radius 3 is 2.62 bits per heavy atom. The van der Waals surface area contributed by atoms with E-state index < -0.39 is 0 Å². The number of nitrogens with one attached hydrogen (secondary N) is 1. The quantitative estimate of drug-likeness (QED) is 0.777. The van der Waals surface area contributed by atoms with Crippen LogP contribution in [0.5, 0.6) is 0 Å². The van der Waals surface area contributed by atoms with Gasteiger partial charge in [0.15, 0.2) is 0 Å². The Balaban J connectivity index is 2.32. The molecule has 0 heterocycles. The third-order valence-corrected chi connectivity index (χ3v) is 3.98. The first-order valence-corrected chi connectivity index (χ1v) is 7.29. The minimum absolute atomic E-state index is 0.666. The van der Waals surface area contributed by atoms with E-state index in [4.69, 9.17) is 0 Å². The lowest BCUT2D eigenvalue weighted by Crippen LogP contribution is -2.30. The molecule has 1 aromatic rings. The van der Waals surface area contributed by atoms with Crippen LogP contribution >= 0.6 is 11.8 Å². The summed E-state index contributed by atoms with van der Waals surface area (Å²) in [6.45, 7) is 7.69. The lowest BCUT2D eigenvalue weighted by Gasteiger charge is -2.15. The molecule has 0 aromatic heterocycles. The highest BCUT2D eigenvalue weighted by Gasteiger charge is 2.04. The molecule has 0 aliphatic carbocycles. The highest BCUT2D eigenvalue weighted by molar-refractivity contribution is 7.98. The van der Waals surface area contributed by atoms with Gasteiger partial charge in [-0.05, 0) is 31.0 Å². The van der Waals surface area contributed by atoms with Gasteiger partial charge in [0, 0.05) is 17.5 Å². The van der Waals surface area contributed by atoms with Gasteiger partial charge < -0.3 is 5.32 Å². The third kappa shape index (κ3) is 4.58. The van der Waals surface area contributed by atoms with Crippen molar-refractivity contribution in [1.29, 1.82) is 0 Å². The zero-order chi connectivity index (χ0) is 11.8. The summed E-state index contributed by atoms with van der Waals surface area (Å²) in [7, 11) is 0. The first-order valence-electron chi connectivity index (χ1n) is 6.13. The molecule has 0 saturated heterocycles. The fourth-order valence-corrected chi connectivity index (χ4v) is 2.99. The number of benzene rings is 1. The van der Waals surface area contributed by atoms with Crippen molar-refractivity contribution in [2.24, 2.45) is 0 Å². The van der Waals surface area contributed by atoms with Crippen LogP contribution < -0.4 is 5.32 Å². The monoisotopic (exact) mass is 237 g/mol. The topological polar surface area (TPSA) is 12.0 Å². The number of rotatable bonds is 7. The molecule has 0 aliphatic rings. The van der Waals surface area contributed by atoms with Crippen molar-refractivity contribution < 1.29 is 0 Å². The van der Waals surface area contributed by atoms with E-state index >= 15 is 0 Å². The van der Waals surface area contributed by atoms with E-state index in [0.29, 0.717) is 6.04 Å². The van der Waals surface area contributed by atoms with Gasteiger partial charge in [0.05, 0.1) is 0 Å². The van der Waals surface area contributed by atoms with Gasteiger partial charge in [-0.2, -0.15) is 11.8 Å². The Labute approximate surface area is 104 Å². The van der Waals surface area contributed by atoms with Gasteiger partial charge in [-0.25, -0.2) is 0 Å². The Morgan fingerprint density at radius 1 is 1.25 bits per heavy atom. The Bertz CT molecular complexity index is 299. The third-order valence-electron chi connectivity index (χ3n) is 2.82. The minimum Gasteiger partial charge on any atom is -0.313 e. The highest BCUT2D eigenvalue weighted by Crippen LogP contribution is 2.17. The lowest BCUT2D eigenvalue weighted by atomic mass is 10.1.